The maximum absolute atomic E-state index is 13.8. The molecule has 0 aliphatic carbocycles. The summed E-state index contributed by atoms with van der Waals surface area (Å²) in [5.41, 5.74) is 11.6. The highest BCUT2D eigenvalue weighted by Gasteiger charge is 2.43. The monoisotopic (exact) mass is 594 g/mol. The van der Waals surface area contributed by atoms with Gasteiger partial charge in [-0.3, -0.25) is 19.4 Å². The predicted molar refractivity (Wildman–Crippen MR) is 170 cm³/mol. The lowest BCUT2D eigenvalue weighted by Crippen LogP contribution is -2.52. The first-order chi connectivity index (χ1) is 21.4. The van der Waals surface area contributed by atoms with Gasteiger partial charge in [-0.05, 0) is 48.1 Å². The third kappa shape index (κ3) is 6.99. The van der Waals surface area contributed by atoms with Gasteiger partial charge in [-0.25, -0.2) is 4.68 Å². The molecule has 2 aliphatic rings. The number of carbonyl (C=O) groups excluding carboxylic acids is 2. The van der Waals surface area contributed by atoms with E-state index in [1.54, 1.807) is 9.58 Å². The van der Waals surface area contributed by atoms with Crippen molar-refractivity contribution in [1.29, 1.82) is 0 Å². The number of likely N-dealkylation sites (tertiary alicyclic amines) is 1. The van der Waals surface area contributed by atoms with Gasteiger partial charge in [0.15, 0.2) is 0 Å². The van der Waals surface area contributed by atoms with Crippen molar-refractivity contribution in [2.75, 3.05) is 32.7 Å². The highest BCUT2D eigenvalue weighted by Crippen LogP contribution is 2.26. The summed E-state index contributed by atoms with van der Waals surface area (Å²) in [4.78, 5) is 34.1. The van der Waals surface area contributed by atoms with Gasteiger partial charge >= 0.3 is 0 Å². The molecule has 0 radical (unpaired) electrons. The zero-order chi connectivity index (χ0) is 30.5. The molecule has 230 valence electrons. The third-order valence-electron chi connectivity index (χ3n) is 9.08. The summed E-state index contributed by atoms with van der Waals surface area (Å²) in [6, 6.07) is 25.4. The number of nitrogens with two attached hydrogens (primary N) is 1. The average molecular weight is 595 g/mol. The van der Waals surface area contributed by atoms with E-state index in [0.717, 1.165) is 61.3 Å². The summed E-state index contributed by atoms with van der Waals surface area (Å²) in [6.07, 6.45) is 1.86. The van der Waals surface area contributed by atoms with Crippen molar-refractivity contribution in [1.82, 2.24) is 35.0 Å². The lowest BCUT2D eigenvalue weighted by atomic mass is 10.0. The van der Waals surface area contributed by atoms with Gasteiger partial charge < -0.3 is 16.0 Å². The Balaban J connectivity index is 1.11. The second-order valence-corrected chi connectivity index (χ2v) is 12.1. The van der Waals surface area contributed by atoms with Gasteiger partial charge in [0, 0.05) is 58.9 Å². The summed E-state index contributed by atoms with van der Waals surface area (Å²) in [5.74, 6) is -0.287. The van der Waals surface area contributed by atoms with E-state index in [-0.39, 0.29) is 17.9 Å². The van der Waals surface area contributed by atoms with E-state index >= 15 is 0 Å². The highest BCUT2D eigenvalue weighted by atomic mass is 16.2. The molecule has 6 rings (SSSR count). The largest absolute Gasteiger partial charge is 0.350 e. The Hall–Kier alpha value is -4.12. The van der Waals surface area contributed by atoms with E-state index in [9.17, 15) is 9.59 Å². The van der Waals surface area contributed by atoms with Crippen LogP contribution in [0.5, 0.6) is 0 Å². The third-order valence-corrected chi connectivity index (χ3v) is 9.08. The van der Waals surface area contributed by atoms with E-state index in [1.165, 1.54) is 5.56 Å². The molecule has 0 saturated carbocycles. The Kier molecular flexibility index (Phi) is 9.30. The van der Waals surface area contributed by atoms with E-state index in [2.05, 4.69) is 61.8 Å². The van der Waals surface area contributed by atoms with Crippen LogP contribution >= 0.6 is 0 Å². The molecule has 44 heavy (non-hydrogen) atoms. The van der Waals surface area contributed by atoms with Gasteiger partial charge in [0.2, 0.25) is 11.8 Å². The number of aromatic nitrogens is 3. The van der Waals surface area contributed by atoms with Crippen LogP contribution in [0.4, 0.5) is 0 Å². The lowest BCUT2D eigenvalue weighted by Gasteiger charge is -2.38. The predicted octanol–water partition coefficient (Wildman–Crippen LogP) is 2.33. The first kappa shape index (κ1) is 29.9. The fraction of sp³-hybridized carbons (Fsp3) is 0.412. The number of fused-ring (bicyclic) bond motifs is 1. The van der Waals surface area contributed by atoms with Gasteiger partial charge in [-0.15, -0.1) is 5.10 Å². The number of carbonyl (C=O) groups is 2. The fourth-order valence-corrected chi connectivity index (χ4v) is 6.51. The van der Waals surface area contributed by atoms with Crippen LogP contribution in [-0.2, 0) is 36.1 Å². The number of amides is 2. The summed E-state index contributed by atoms with van der Waals surface area (Å²) >= 11 is 0. The van der Waals surface area contributed by atoms with E-state index in [4.69, 9.17) is 5.73 Å². The number of hydrogen-bond donors (Lipinski definition) is 2. The van der Waals surface area contributed by atoms with Gasteiger partial charge in [0.05, 0.1) is 11.6 Å². The Morgan fingerprint density at radius 1 is 0.932 bits per heavy atom. The summed E-state index contributed by atoms with van der Waals surface area (Å²) < 4.78 is 1.72. The Morgan fingerprint density at radius 2 is 1.64 bits per heavy atom. The van der Waals surface area contributed by atoms with Crippen LogP contribution < -0.4 is 11.1 Å². The van der Waals surface area contributed by atoms with Crippen molar-refractivity contribution >= 4 is 22.8 Å². The molecular formula is C34H42N8O2. The van der Waals surface area contributed by atoms with Gasteiger partial charge in [0.1, 0.15) is 11.6 Å². The maximum Gasteiger partial charge on any atom is 0.243 e. The van der Waals surface area contributed by atoms with Crippen LogP contribution in [0.1, 0.15) is 29.5 Å². The van der Waals surface area contributed by atoms with Crippen molar-refractivity contribution in [3.05, 3.63) is 95.6 Å². The molecule has 2 amide bonds. The van der Waals surface area contributed by atoms with Crippen LogP contribution in [0.15, 0.2) is 78.9 Å². The number of rotatable bonds is 10. The molecule has 1 aromatic heterocycles. The van der Waals surface area contributed by atoms with E-state index < -0.39 is 12.1 Å². The van der Waals surface area contributed by atoms with Crippen molar-refractivity contribution in [2.24, 2.45) is 12.8 Å². The maximum atomic E-state index is 13.8. The number of benzene rings is 3. The molecule has 3 N–H and O–H groups in total. The standard InChI is InChI=1S/C34H42N8O2/c1-39-31-15-13-27(20-30(31)37-38-39)22-36-33(43)32-21-28(41-18-16-40(17-19-41)23-26-10-6-3-7-11-26)24-42(32)34(44)29(35)14-12-25-8-4-2-5-9-25/h2-11,13,15,20,28-29,32H,12,14,16-19,21-24,35H2,1H3,(H,36,43). The molecule has 4 aromatic rings. The minimum absolute atomic E-state index is 0.117. The summed E-state index contributed by atoms with van der Waals surface area (Å²) in [5, 5.41) is 11.4. The summed E-state index contributed by atoms with van der Waals surface area (Å²) in [6.45, 7) is 5.53. The molecule has 0 bridgehead atoms. The number of hydrogen-bond acceptors (Lipinski definition) is 7. The zero-order valence-corrected chi connectivity index (χ0v) is 25.4. The fourth-order valence-electron chi connectivity index (χ4n) is 6.51. The molecule has 3 aromatic carbocycles. The number of nitrogens with one attached hydrogen (secondary N) is 1. The van der Waals surface area contributed by atoms with Gasteiger partial charge in [-0.2, -0.15) is 0 Å². The lowest BCUT2D eigenvalue weighted by molar-refractivity contribution is -0.139. The van der Waals surface area contributed by atoms with Crippen LogP contribution in [0, 0.1) is 0 Å². The Morgan fingerprint density at radius 3 is 2.36 bits per heavy atom. The minimum Gasteiger partial charge on any atom is -0.350 e. The molecule has 3 heterocycles. The SMILES string of the molecule is Cn1nnc2cc(CNC(=O)C3CC(N4CCN(Cc5ccccc5)CC4)CN3C(=O)C(N)CCc3ccccc3)ccc21. The van der Waals surface area contributed by atoms with Crippen molar-refractivity contribution in [3.8, 4) is 0 Å². The molecule has 10 nitrogen and oxygen atoms in total. The van der Waals surface area contributed by atoms with Gasteiger partial charge in [-0.1, -0.05) is 71.9 Å². The Bertz CT molecular complexity index is 1550. The first-order valence-corrected chi connectivity index (χ1v) is 15.6. The molecule has 2 fully saturated rings. The molecule has 3 unspecified atom stereocenters. The topological polar surface area (TPSA) is 113 Å². The molecule has 10 heteroatoms. The number of nitrogens with zero attached hydrogens (tertiary/aromatic N) is 6. The molecule has 2 saturated heterocycles. The number of piperazine rings is 1. The van der Waals surface area contributed by atoms with Crippen molar-refractivity contribution < 1.29 is 9.59 Å². The van der Waals surface area contributed by atoms with Crippen LogP contribution in [-0.4, -0.2) is 92.4 Å². The first-order valence-electron chi connectivity index (χ1n) is 15.6. The Labute approximate surface area is 258 Å². The second-order valence-electron chi connectivity index (χ2n) is 12.1. The summed E-state index contributed by atoms with van der Waals surface area (Å²) in [7, 11) is 1.85. The highest BCUT2D eigenvalue weighted by molar-refractivity contribution is 5.90. The zero-order valence-electron chi connectivity index (χ0n) is 25.4. The molecular weight excluding hydrogens is 552 g/mol. The van der Waals surface area contributed by atoms with Crippen LogP contribution in [0.3, 0.4) is 0 Å². The molecule has 0 spiro atoms. The second kappa shape index (κ2) is 13.7. The normalized spacial score (nSPS) is 20.2. The van der Waals surface area contributed by atoms with E-state index in [0.29, 0.717) is 25.9 Å². The van der Waals surface area contributed by atoms with Gasteiger partial charge in [0.25, 0.3) is 0 Å². The minimum atomic E-state index is -0.661. The molecule has 3 atom stereocenters. The number of aryl methyl sites for hydroxylation is 2. The quantitative estimate of drug-likeness (QED) is 0.290. The van der Waals surface area contributed by atoms with Crippen molar-refractivity contribution in [2.45, 2.75) is 50.5 Å². The average Bonchev–Trinajstić information content (AvgIpc) is 3.67. The van der Waals surface area contributed by atoms with Crippen molar-refractivity contribution in [3.63, 3.8) is 0 Å². The van der Waals surface area contributed by atoms with E-state index in [1.807, 2.05) is 49.5 Å². The van der Waals surface area contributed by atoms with Crippen LogP contribution in [0.25, 0.3) is 11.0 Å². The van der Waals surface area contributed by atoms with Crippen LogP contribution in [0.2, 0.25) is 0 Å². The molecule has 2 aliphatic heterocycles. The smallest absolute Gasteiger partial charge is 0.243 e.